The lowest BCUT2D eigenvalue weighted by molar-refractivity contribution is 0.180. The van der Waals surface area contributed by atoms with Gasteiger partial charge in [0, 0.05) is 53.0 Å². The molecular formula is C19H43N5O. The minimum absolute atomic E-state index is 0.547. The fourth-order valence-corrected chi connectivity index (χ4v) is 3.04. The van der Waals surface area contributed by atoms with Crippen LogP contribution in [0.3, 0.4) is 0 Å². The van der Waals surface area contributed by atoms with Crippen molar-refractivity contribution in [1.82, 2.24) is 20.4 Å². The van der Waals surface area contributed by atoms with Gasteiger partial charge in [-0.25, -0.2) is 0 Å². The molecule has 1 unspecified atom stereocenters. The van der Waals surface area contributed by atoms with Crippen LogP contribution in [0.5, 0.6) is 0 Å². The Hall–Kier alpha value is -0.850. The van der Waals surface area contributed by atoms with Crippen molar-refractivity contribution >= 4 is 5.96 Å². The highest BCUT2D eigenvalue weighted by Gasteiger charge is 2.17. The quantitative estimate of drug-likeness (QED) is 0.282. The Labute approximate surface area is 156 Å². The molecule has 6 nitrogen and oxygen atoms in total. The highest BCUT2D eigenvalue weighted by atomic mass is 16.5. The zero-order valence-corrected chi connectivity index (χ0v) is 17.8. The van der Waals surface area contributed by atoms with Crippen molar-refractivity contribution in [2.45, 2.75) is 46.6 Å². The van der Waals surface area contributed by atoms with Gasteiger partial charge in [0.25, 0.3) is 0 Å². The molecule has 1 atom stereocenters. The number of nitrogens with zero attached hydrogens (tertiary/aromatic N) is 3. The van der Waals surface area contributed by atoms with Gasteiger partial charge in [0.1, 0.15) is 0 Å². The second kappa shape index (κ2) is 15.4. The molecule has 0 radical (unpaired) electrons. The smallest absolute Gasteiger partial charge is 0.191 e. The first-order valence-electron chi connectivity index (χ1n) is 9.84. The van der Waals surface area contributed by atoms with E-state index in [1.54, 1.807) is 7.11 Å². The van der Waals surface area contributed by atoms with E-state index in [-0.39, 0.29) is 0 Å². The zero-order chi connectivity index (χ0) is 19.1. The predicted octanol–water partition coefficient (Wildman–Crippen LogP) is 1.88. The molecule has 150 valence electrons. The Kier molecular flexibility index (Phi) is 14.9. The second-order valence-corrected chi connectivity index (χ2v) is 7.03. The average molecular weight is 358 g/mol. The van der Waals surface area contributed by atoms with Crippen LogP contribution in [-0.2, 0) is 4.74 Å². The topological polar surface area (TPSA) is 52.1 Å². The van der Waals surface area contributed by atoms with Crippen LogP contribution in [0.2, 0.25) is 0 Å². The predicted molar refractivity (Wildman–Crippen MR) is 110 cm³/mol. The van der Waals surface area contributed by atoms with Crippen molar-refractivity contribution in [3.8, 4) is 0 Å². The normalized spacial score (nSPS) is 13.8. The molecule has 0 saturated carbocycles. The number of ether oxygens (including phenoxy) is 1. The minimum Gasteiger partial charge on any atom is -0.385 e. The van der Waals surface area contributed by atoms with E-state index in [1.807, 2.05) is 7.05 Å². The Morgan fingerprint density at radius 2 is 1.80 bits per heavy atom. The summed E-state index contributed by atoms with van der Waals surface area (Å²) in [5.74, 6) is 1.59. The molecule has 0 bridgehead atoms. The fraction of sp³-hybridized carbons (Fsp3) is 0.947. The third-order valence-corrected chi connectivity index (χ3v) is 4.48. The van der Waals surface area contributed by atoms with Crippen LogP contribution in [0.15, 0.2) is 4.99 Å². The Bertz CT molecular complexity index is 332. The van der Waals surface area contributed by atoms with Crippen molar-refractivity contribution in [3.63, 3.8) is 0 Å². The zero-order valence-electron chi connectivity index (χ0n) is 17.8. The lowest BCUT2D eigenvalue weighted by Crippen LogP contribution is -2.48. The number of rotatable bonds is 14. The monoisotopic (exact) mass is 357 g/mol. The molecule has 0 aromatic carbocycles. The van der Waals surface area contributed by atoms with Crippen molar-refractivity contribution in [3.05, 3.63) is 0 Å². The minimum atomic E-state index is 0.547. The summed E-state index contributed by atoms with van der Waals surface area (Å²) < 4.78 is 5.10. The molecule has 0 aliphatic rings. The maximum absolute atomic E-state index is 5.10. The molecule has 0 heterocycles. The van der Waals surface area contributed by atoms with Crippen molar-refractivity contribution in [1.29, 1.82) is 0 Å². The summed E-state index contributed by atoms with van der Waals surface area (Å²) in [7, 11) is 5.74. The molecule has 0 aromatic heterocycles. The van der Waals surface area contributed by atoms with Crippen molar-refractivity contribution in [2.75, 3.05) is 67.1 Å². The van der Waals surface area contributed by atoms with Gasteiger partial charge in [0.15, 0.2) is 5.96 Å². The average Bonchev–Trinajstić information content (AvgIpc) is 2.58. The molecule has 0 amide bonds. The maximum Gasteiger partial charge on any atom is 0.191 e. The third kappa shape index (κ3) is 12.2. The molecule has 0 spiro atoms. The van der Waals surface area contributed by atoms with Gasteiger partial charge in [-0.05, 0) is 38.9 Å². The van der Waals surface area contributed by atoms with E-state index < -0.39 is 0 Å². The summed E-state index contributed by atoms with van der Waals surface area (Å²) in [5, 5.41) is 6.93. The van der Waals surface area contributed by atoms with Crippen molar-refractivity contribution < 1.29 is 4.74 Å². The van der Waals surface area contributed by atoms with E-state index >= 15 is 0 Å². The summed E-state index contributed by atoms with van der Waals surface area (Å²) in [5.41, 5.74) is 0. The van der Waals surface area contributed by atoms with Crippen LogP contribution in [0.25, 0.3) is 0 Å². The molecule has 6 heteroatoms. The number of hydrogen-bond donors (Lipinski definition) is 2. The molecule has 2 N–H and O–H groups in total. The molecule has 0 saturated heterocycles. The summed E-state index contributed by atoms with van der Waals surface area (Å²) in [6, 6.07) is 0.547. The number of hydrogen-bond acceptors (Lipinski definition) is 4. The number of nitrogens with one attached hydrogen (secondary N) is 2. The molecule has 25 heavy (non-hydrogen) atoms. The highest BCUT2D eigenvalue weighted by molar-refractivity contribution is 5.79. The molecule has 0 aliphatic carbocycles. The summed E-state index contributed by atoms with van der Waals surface area (Å²) in [6.45, 7) is 16.0. The van der Waals surface area contributed by atoms with Gasteiger partial charge in [-0.15, -0.1) is 0 Å². The number of methoxy groups -OCH3 is 1. The largest absolute Gasteiger partial charge is 0.385 e. The molecular weight excluding hydrogens is 314 g/mol. The third-order valence-electron chi connectivity index (χ3n) is 4.48. The van der Waals surface area contributed by atoms with Crippen LogP contribution in [-0.4, -0.2) is 88.9 Å². The van der Waals surface area contributed by atoms with Gasteiger partial charge >= 0.3 is 0 Å². The Balaban J connectivity index is 4.24. The van der Waals surface area contributed by atoms with E-state index in [9.17, 15) is 0 Å². The molecule has 0 aromatic rings. The van der Waals surface area contributed by atoms with Gasteiger partial charge in [-0.2, -0.15) is 0 Å². The number of likely N-dealkylation sites (N-methyl/N-ethyl adjacent to an activating group) is 2. The van der Waals surface area contributed by atoms with Crippen LogP contribution >= 0.6 is 0 Å². The number of guanidine groups is 1. The summed E-state index contributed by atoms with van der Waals surface area (Å²) in [6.07, 6.45) is 2.27. The number of aliphatic imine (C=N–C) groups is 1. The van der Waals surface area contributed by atoms with E-state index in [1.165, 1.54) is 6.42 Å². The standard InChI is InChI=1S/C19H43N5O/c1-8-24(9-2)18(15-17(3)4)16-22-19(20-5)21-11-13-23(6)12-10-14-25-7/h17-18H,8-16H2,1-7H3,(H2,20,21,22). The summed E-state index contributed by atoms with van der Waals surface area (Å²) in [4.78, 5) is 9.21. The van der Waals surface area contributed by atoms with Crippen molar-refractivity contribution in [2.24, 2.45) is 10.9 Å². The van der Waals surface area contributed by atoms with E-state index in [0.717, 1.165) is 58.3 Å². The van der Waals surface area contributed by atoms with Gasteiger partial charge in [0.05, 0.1) is 0 Å². The maximum atomic E-state index is 5.10. The fourth-order valence-electron chi connectivity index (χ4n) is 3.04. The SMILES string of the molecule is CCN(CC)C(CNC(=NC)NCCN(C)CCCOC)CC(C)C. The van der Waals surface area contributed by atoms with Crippen LogP contribution < -0.4 is 10.6 Å². The van der Waals surface area contributed by atoms with Gasteiger partial charge in [0.2, 0.25) is 0 Å². The molecule has 0 aliphatic heterocycles. The lowest BCUT2D eigenvalue weighted by Gasteiger charge is -2.31. The lowest BCUT2D eigenvalue weighted by atomic mass is 10.0. The Morgan fingerprint density at radius 3 is 2.32 bits per heavy atom. The van der Waals surface area contributed by atoms with E-state index in [4.69, 9.17) is 4.74 Å². The first-order chi connectivity index (χ1) is 12.0. The molecule has 0 fully saturated rings. The van der Waals surface area contributed by atoms with Crippen LogP contribution in [0, 0.1) is 5.92 Å². The first-order valence-corrected chi connectivity index (χ1v) is 9.84. The summed E-state index contributed by atoms with van der Waals surface area (Å²) >= 11 is 0. The highest BCUT2D eigenvalue weighted by Crippen LogP contribution is 2.10. The molecule has 0 rings (SSSR count). The Morgan fingerprint density at radius 1 is 1.12 bits per heavy atom. The van der Waals surface area contributed by atoms with Crippen LogP contribution in [0.1, 0.15) is 40.5 Å². The first kappa shape index (κ1) is 24.1. The van der Waals surface area contributed by atoms with Gasteiger partial charge in [-0.1, -0.05) is 27.7 Å². The van der Waals surface area contributed by atoms with Crippen LogP contribution in [0.4, 0.5) is 0 Å². The van der Waals surface area contributed by atoms with E-state index in [0.29, 0.717) is 12.0 Å². The van der Waals surface area contributed by atoms with Gasteiger partial charge < -0.3 is 20.3 Å². The second-order valence-electron chi connectivity index (χ2n) is 7.03. The van der Waals surface area contributed by atoms with E-state index in [2.05, 4.69) is 60.2 Å². The van der Waals surface area contributed by atoms with Gasteiger partial charge in [-0.3, -0.25) is 9.89 Å².